The lowest BCUT2D eigenvalue weighted by Gasteiger charge is -2.19. The van der Waals surface area contributed by atoms with Gasteiger partial charge in [0.05, 0.1) is 0 Å². The summed E-state index contributed by atoms with van der Waals surface area (Å²) in [5, 5.41) is 8.82. The van der Waals surface area contributed by atoms with Crippen LogP contribution >= 0.6 is 0 Å². The van der Waals surface area contributed by atoms with E-state index in [-0.39, 0.29) is 18.4 Å². The van der Waals surface area contributed by atoms with Crippen LogP contribution < -0.4 is 11.3 Å². The number of likely N-dealkylation sites (tertiary alicyclic amines) is 1. The average Bonchev–Trinajstić information content (AvgIpc) is 2.65. The zero-order chi connectivity index (χ0) is 11.3. The first kappa shape index (κ1) is 12.4. The Kier molecular flexibility index (Phi) is 5.01. The van der Waals surface area contributed by atoms with Crippen molar-refractivity contribution in [2.24, 2.45) is 17.7 Å². The van der Waals surface area contributed by atoms with Crippen LogP contribution in [-0.4, -0.2) is 42.2 Å². The van der Waals surface area contributed by atoms with E-state index in [1.807, 2.05) is 6.92 Å². The van der Waals surface area contributed by atoms with E-state index in [1.165, 1.54) is 0 Å². The van der Waals surface area contributed by atoms with Crippen LogP contribution in [0.3, 0.4) is 0 Å². The summed E-state index contributed by atoms with van der Waals surface area (Å²) in [6.07, 6.45) is 1.99. The molecule has 1 amide bonds. The maximum absolute atomic E-state index is 11.2. The first-order valence-electron chi connectivity index (χ1n) is 5.51. The van der Waals surface area contributed by atoms with Gasteiger partial charge in [0.25, 0.3) is 0 Å². The number of hydrogen-bond donors (Lipinski definition) is 3. The third kappa shape index (κ3) is 3.77. The molecule has 0 bridgehead atoms. The lowest BCUT2D eigenvalue weighted by atomic mass is 10.1. The van der Waals surface area contributed by atoms with Gasteiger partial charge in [-0.3, -0.25) is 10.2 Å². The molecule has 4 N–H and O–H groups in total. The molecule has 1 heterocycles. The van der Waals surface area contributed by atoms with Crippen LogP contribution in [0, 0.1) is 11.8 Å². The predicted octanol–water partition coefficient (Wildman–Crippen LogP) is -0.683. The molecule has 0 aromatic carbocycles. The van der Waals surface area contributed by atoms with Crippen molar-refractivity contribution < 1.29 is 9.90 Å². The number of nitrogens with two attached hydrogens (primary N) is 1. The number of carbonyl (C=O) groups is 1. The van der Waals surface area contributed by atoms with E-state index in [1.54, 1.807) is 0 Å². The normalized spacial score (nSPS) is 24.1. The molecule has 2 unspecified atom stereocenters. The Balaban J connectivity index is 2.26. The van der Waals surface area contributed by atoms with Gasteiger partial charge >= 0.3 is 0 Å². The largest absolute Gasteiger partial charge is 0.396 e. The quantitative estimate of drug-likeness (QED) is 0.322. The summed E-state index contributed by atoms with van der Waals surface area (Å²) >= 11 is 0. The molecule has 1 aliphatic rings. The van der Waals surface area contributed by atoms with Gasteiger partial charge in [0.2, 0.25) is 5.91 Å². The molecule has 0 aliphatic carbocycles. The van der Waals surface area contributed by atoms with Gasteiger partial charge in [0.1, 0.15) is 0 Å². The molecule has 1 fully saturated rings. The smallest absolute Gasteiger partial charge is 0.237 e. The second kappa shape index (κ2) is 6.05. The fourth-order valence-corrected chi connectivity index (χ4v) is 2.11. The molecule has 0 aromatic rings. The lowest BCUT2D eigenvalue weighted by molar-refractivity contribution is -0.125. The Morgan fingerprint density at radius 3 is 3.07 bits per heavy atom. The highest BCUT2D eigenvalue weighted by molar-refractivity contribution is 5.77. The molecule has 5 heteroatoms. The minimum Gasteiger partial charge on any atom is -0.396 e. The van der Waals surface area contributed by atoms with Crippen LogP contribution in [0.2, 0.25) is 0 Å². The zero-order valence-electron chi connectivity index (χ0n) is 9.28. The van der Waals surface area contributed by atoms with Crippen molar-refractivity contribution in [2.75, 3.05) is 26.2 Å². The Bertz CT molecular complexity index is 211. The Morgan fingerprint density at radius 1 is 1.73 bits per heavy atom. The Hall–Kier alpha value is -0.650. The minimum atomic E-state index is -0.111. The van der Waals surface area contributed by atoms with Crippen molar-refractivity contribution in [2.45, 2.75) is 19.8 Å². The molecular formula is C10H21N3O2. The Morgan fingerprint density at radius 2 is 2.47 bits per heavy atom. The summed E-state index contributed by atoms with van der Waals surface area (Å²) in [5.41, 5.74) is 2.17. The van der Waals surface area contributed by atoms with E-state index < -0.39 is 0 Å². The summed E-state index contributed by atoms with van der Waals surface area (Å²) in [7, 11) is 0. The van der Waals surface area contributed by atoms with E-state index in [9.17, 15) is 4.79 Å². The van der Waals surface area contributed by atoms with Gasteiger partial charge in [0.15, 0.2) is 0 Å². The van der Waals surface area contributed by atoms with E-state index >= 15 is 0 Å². The number of amides is 1. The highest BCUT2D eigenvalue weighted by Gasteiger charge is 2.24. The first-order chi connectivity index (χ1) is 7.17. The van der Waals surface area contributed by atoms with E-state index in [0.717, 1.165) is 32.5 Å². The number of hydrogen-bond acceptors (Lipinski definition) is 4. The molecule has 0 radical (unpaired) electrons. The summed E-state index contributed by atoms with van der Waals surface area (Å²) in [6, 6.07) is 0. The number of nitrogens with one attached hydrogen (secondary N) is 1. The van der Waals surface area contributed by atoms with Crippen LogP contribution in [0.5, 0.6) is 0 Å². The molecule has 15 heavy (non-hydrogen) atoms. The van der Waals surface area contributed by atoms with Crippen LogP contribution in [-0.2, 0) is 4.79 Å². The van der Waals surface area contributed by atoms with Crippen molar-refractivity contribution in [3.63, 3.8) is 0 Å². The molecule has 1 rings (SSSR count). The highest BCUT2D eigenvalue weighted by atomic mass is 16.3. The monoisotopic (exact) mass is 215 g/mol. The summed E-state index contributed by atoms with van der Waals surface area (Å²) < 4.78 is 0. The SMILES string of the molecule is CC(CN1CCC(CCO)C1)C(=O)NN. The second-order valence-electron chi connectivity index (χ2n) is 4.34. The zero-order valence-corrected chi connectivity index (χ0v) is 9.28. The predicted molar refractivity (Wildman–Crippen MR) is 57.7 cm³/mol. The maximum Gasteiger partial charge on any atom is 0.237 e. The van der Waals surface area contributed by atoms with Crippen LogP contribution in [0.15, 0.2) is 0 Å². The number of hydrazine groups is 1. The lowest BCUT2D eigenvalue weighted by Crippen LogP contribution is -2.40. The molecular weight excluding hydrogens is 194 g/mol. The fourth-order valence-electron chi connectivity index (χ4n) is 2.11. The topological polar surface area (TPSA) is 78.6 Å². The van der Waals surface area contributed by atoms with Gasteiger partial charge in [-0.05, 0) is 25.3 Å². The maximum atomic E-state index is 11.2. The Labute approximate surface area is 90.6 Å². The van der Waals surface area contributed by atoms with E-state index in [4.69, 9.17) is 10.9 Å². The molecule has 1 aliphatic heterocycles. The van der Waals surface area contributed by atoms with Gasteiger partial charge in [-0.2, -0.15) is 0 Å². The summed E-state index contributed by atoms with van der Waals surface area (Å²) in [5.74, 6) is 5.48. The standard InChI is InChI=1S/C10H21N3O2/c1-8(10(15)12-11)6-13-4-2-9(7-13)3-5-14/h8-9,14H,2-7,11H2,1H3,(H,12,15). The average molecular weight is 215 g/mol. The molecule has 88 valence electrons. The number of carbonyl (C=O) groups excluding carboxylic acids is 1. The van der Waals surface area contributed by atoms with Crippen molar-refractivity contribution >= 4 is 5.91 Å². The molecule has 1 saturated heterocycles. The van der Waals surface area contributed by atoms with Crippen LogP contribution in [0.1, 0.15) is 19.8 Å². The van der Waals surface area contributed by atoms with Crippen molar-refractivity contribution in [3.05, 3.63) is 0 Å². The van der Waals surface area contributed by atoms with Gasteiger partial charge in [0, 0.05) is 25.6 Å². The third-order valence-corrected chi connectivity index (χ3v) is 3.03. The van der Waals surface area contributed by atoms with Gasteiger partial charge in [-0.15, -0.1) is 0 Å². The number of aliphatic hydroxyl groups is 1. The second-order valence-corrected chi connectivity index (χ2v) is 4.34. The number of aliphatic hydroxyl groups excluding tert-OH is 1. The number of nitrogens with zero attached hydrogens (tertiary/aromatic N) is 1. The van der Waals surface area contributed by atoms with Crippen LogP contribution in [0.25, 0.3) is 0 Å². The van der Waals surface area contributed by atoms with Gasteiger partial charge in [-0.1, -0.05) is 6.92 Å². The van der Waals surface area contributed by atoms with E-state index in [0.29, 0.717) is 5.92 Å². The van der Waals surface area contributed by atoms with Gasteiger partial charge in [-0.25, -0.2) is 5.84 Å². The third-order valence-electron chi connectivity index (χ3n) is 3.03. The van der Waals surface area contributed by atoms with Gasteiger partial charge < -0.3 is 10.0 Å². The summed E-state index contributed by atoms with van der Waals surface area (Å²) in [4.78, 5) is 13.5. The summed E-state index contributed by atoms with van der Waals surface area (Å²) in [6.45, 7) is 4.90. The molecule has 0 saturated carbocycles. The van der Waals surface area contributed by atoms with E-state index in [2.05, 4.69) is 10.3 Å². The molecule has 0 spiro atoms. The highest BCUT2D eigenvalue weighted by Crippen LogP contribution is 2.19. The molecule has 5 nitrogen and oxygen atoms in total. The van der Waals surface area contributed by atoms with Crippen molar-refractivity contribution in [1.82, 2.24) is 10.3 Å². The number of rotatable bonds is 5. The van der Waals surface area contributed by atoms with Crippen molar-refractivity contribution in [3.8, 4) is 0 Å². The van der Waals surface area contributed by atoms with Crippen LogP contribution in [0.4, 0.5) is 0 Å². The molecule has 0 aromatic heterocycles. The minimum absolute atomic E-state index is 0.0668. The fraction of sp³-hybridized carbons (Fsp3) is 0.900. The molecule has 2 atom stereocenters. The first-order valence-corrected chi connectivity index (χ1v) is 5.51. The van der Waals surface area contributed by atoms with Crippen molar-refractivity contribution in [1.29, 1.82) is 0 Å².